The van der Waals surface area contributed by atoms with Crippen molar-refractivity contribution < 1.29 is 14.6 Å². The molecule has 0 spiro atoms. The van der Waals surface area contributed by atoms with E-state index in [1.807, 2.05) is 24.3 Å². The Hall–Kier alpha value is -2.40. The lowest BCUT2D eigenvalue weighted by molar-refractivity contribution is -0.138. The second kappa shape index (κ2) is 14.4. The topological polar surface area (TPSA) is 104 Å². The lowest BCUT2D eigenvalue weighted by Gasteiger charge is -2.31. The average molecular weight is 656 g/mol. The van der Waals surface area contributed by atoms with Gasteiger partial charge in [-0.05, 0) is 74.0 Å². The van der Waals surface area contributed by atoms with Crippen LogP contribution in [0.25, 0.3) is 11.3 Å². The van der Waals surface area contributed by atoms with E-state index in [0.29, 0.717) is 45.9 Å². The highest BCUT2D eigenvalue weighted by molar-refractivity contribution is 6.35. The van der Waals surface area contributed by atoms with Crippen LogP contribution in [0.5, 0.6) is 11.6 Å². The molecule has 0 amide bonds. The molecule has 1 aromatic carbocycles. The molecule has 2 unspecified atom stereocenters. The highest BCUT2D eigenvalue weighted by atomic mass is 35.5. The fourth-order valence-corrected chi connectivity index (χ4v) is 6.66. The molecule has 9 nitrogen and oxygen atoms in total. The number of fused-ring (bicyclic) bond motifs is 1. The van der Waals surface area contributed by atoms with Gasteiger partial charge in [0.25, 0.3) is 0 Å². The number of benzene rings is 1. The van der Waals surface area contributed by atoms with Gasteiger partial charge >= 0.3 is 5.97 Å². The highest BCUT2D eigenvalue weighted by Crippen LogP contribution is 2.33. The van der Waals surface area contributed by atoms with Gasteiger partial charge in [-0.1, -0.05) is 23.2 Å². The summed E-state index contributed by atoms with van der Waals surface area (Å²) >= 11 is 12.6. The third kappa shape index (κ3) is 7.75. The molecule has 3 saturated heterocycles. The zero-order chi connectivity index (χ0) is 27.6. The van der Waals surface area contributed by atoms with Crippen molar-refractivity contribution in [1.82, 2.24) is 25.2 Å². The molecule has 3 aliphatic heterocycles. The number of piperidine rings is 1. The van der Waals surface area contributed by atoms with Crippen molar-refractivity contribution in [2.45, 2.75) is 38.3 Å². The summed E-state index contributed by atoms with van der Waals surface area (Å²) in [5, 5.41) is 13.7. The van der Waals surface area contributed by atoms with Crippen molar-refractivity contribution in [2.75, 3.05) is 37.6 Å². The molecule has 5 heterocycles. The molecular weight excluding hydrogens is 622 g/mol. The fourth-order valence-electron chi connectivity index (χ4n) is 6.13. The summed E-state index contributed by atoms with van der Waals surface area (Å²) in [6.45, 7) is 5.39. The summed E-state index contributed by atoms with van der Waals surface area (Å²) in [4.78, 5) is 29.7. The second-order valence-corrected chi connectivity index (χ2v) is 11.8. The van der Waals surface area contributed by atoms with E-state index >= 15 is 0 Å². The van der Waals surface area contributed by atoms with Crippen molar-refractivity contribution in [3.8, 4) is 22.9 Å². The number of nitrogens with zero attached hydrogens (tertiary/aromatic N) is 5. The molecule has 0 radical (unpaired) electrons. The van der Waals surface area contributed by atoms with Crippen LogP contribution in [0.1, 0.15) is 31.2 Å². The molecule has 6 rings (SSSR count). The Labute approximate surface area is 267 Å². The summed E-state index contributed by atoms with van der Waals surface area (Å²) in [6.07, 6.45) is 6.54. The third-order valence-corrected chi connectivity index (χ3v) is 8.57. The van der Waals surface area contributed by atoms with Crippen molar-refractivity contribution >= 4 is 59.9 Å². The van der Waals surface area contributed by atoms with Crippen LogP contribution >= 0.6 is 48.0 Å². The maximum Gasteiger partial charge on any atom is 0.303 e. The molecular formula is C29H34Cl4N6O3. The number of carbonyl (C=O) groups is 1. The number of carboxylic acids is 1. The van der Waals surface area contributed by atoms with Gasteiger partial charge in [-0.25, -0.2) is 15.0 Å². The number of hydrogen-bond acceptors (Lipinski definition) is 8. The minimum atomic E-state index is -0.726. The van der Waals surface area contributed by atoms with E-state index in [0.717, 1.165) is 69.1 Å². The molecule has 2 atom stereocenters. The normalized spacial score (nSPS) is 20.5. The van der Waals surface area contributed by atoms with Gasteiger partial charge in [0.1, 0.15) is 0 Å². The zero-order valence-corrected chi connectivity index (χ0v) is 26.1. The number of carboxylic acid groups (broad SMARTS) is 1. The van der Waals surface area contributed by atoms with Crippen LogP contribution in [0.4, 0.5) is 5.95 Å². The van der Waals surface area contributed by atoms with Gasteiger partial charge < -0.3 is 20.1 Å². The molecule has 3 fully saturated rings. The molecule has 13 heteroatoms. The van der Waals surface area contributed by atoms with Crippen molar-refractivity contribution in [3.05, 3.63) is 58.3 Å². The first-order valence-electron chi connectivity index (χ1n) is 13.8. The number of nitrogens with one attached hydrogen (secondary N) is 1. The van der Waals surface area contributed by atoms with Crippen molar-refractivity contribution in [1.29, 1.82) is 0 Å². The Morgan fingerprint density at radius 3 is 2.38 bits per heavy atom. The van der Waals surface area contributed by atoms with E-state index in [1.54, 1.807) is 18.5 Å². The number of pyridine rings is 1. The van der Waals surface area contributed by atoms with Crippen LogP contribution in [0, 0.1) is 11.8 Å². The molecule has 3 aliphatic rings. The Kier molecular flexibility index (Phi) is 11.1. The van der Waals surface area contributed by atoms with Gasteiger partial charge in [0.2, 0.25) is 11.8 Å². The van der Waals surface area contributed by atoms with E-state index in [9.17, 15) is 4.79 Å². The first-order chi connectivity index (χ1) is 19.4. The zero-order valence-electron chi connectivity index (χ0n) is 22.9. The number of aliphatic carboxylic acids is 1. The Bertz CT molecular complexity index is 1350. The summed E-state index contributed by atoms with van der Waals surface area (Å²) < 4.78 is 6.18. The number of likely N-dealkylation sites (tertiary alicyclic amines) is 1. The number of rotatable bonds is 8. The second-order valence-electron chi connectivity index (χ2n) is 11.0. The lowest BCUT2D eigenvalue weighted by Crippen LogP contribution is -2.35. The molecule has 0 saturated carbocycles. The van der Waals surface area contributed by atoms with Gasteiger partial charge in [0, 0.05) is 60.3 Å². The van der Waals surface area contributed by atoms with Gasteiger partial charge in [-0.15, -0.1) is 24.8 Å². The largest absolute Gasteiger partial charge is 0.481 e. The van der Waals surface area contributed by atoms with Gasteiger partial charge in [0.05, 0.1) is 18.1 Å². The fraction of sp³-hybridized carbons (Fsp3) is 0.448. The third-order valence-electron chi connectivity index (χ3n) is 8.14. The Morgan fingerprint density at radius 2 is 1.69 bits per heavy atom. The maximum absolute atomic E-state index is 11.1. The molecule has 2 aromatic heterocycles. The maximum atomic E-state index is 11.1. The first-order valence-corrected chi connectivity index (χ1v) is 14.5. The molecule has 42 heavy (non-hydrogen) atoms. The van der Waals surface area contributed by atoms with Crippen LogP contribution in [-0.2, 0) is 11.3 Å². The highest BCUT2D eigenvalue weighted by Gasteiger charge is 2.38. The lowest BCUT2D eigenvalue weighted by atomic mass is 9.93. The number of anilines is 1. The molecule has 0 aliphatic carbocycles. The van der Waals surface area contributed by atoms with Crippen molar-refractivity contribution in [3.63, 3.8) is 0 Å². The summed E-state index contributed by atoms with van der Waals surface area (Å²) in [7, 11) is 0. The van der Waals surface area contributed by atoms with E-state index in [2.05, 4.69) is 25.1 Å². The Morgan fingerprint density at radius 1 is 0.976 bits per heavy atom. The standard InChI is InChI=1S/C29H32Cl2N6O3.2ClH/c30-22-10-21(11-23(31)12-22)25-7-19(17-36-4-1-18(2-5-36)9-28(38)39)8-27(35-25)40-24-14-33-29(34-15-24)37-6-3-20-13-32-16-26(20)37;;/h7-8,10-12,14-15,18,20,26,32H,1-6,9,13,16-17H2,(H,38,39);2*1H. The molecule has 2 N–H and O–H groups in total. The summed E-state index contributed by atoms with van der Waals surface area (Å²) in [5.41, 5.74) is 2.53. The molecule has 0 bridgehead atoms. The van der Waals surface area contributed by atoms with E-state index in [4.69, 9.17) is 38.0 Å². The monoisotopic (exact) mass is 654 g/mol. The van der Waals surface area contributed by atoms with Crippen LogP contribution in [-0.4, -0.2) is 69.7 Å². The molecule has 3 aromatic rings. The quantitative estimate of drug-likeness (QED) is 0.304. The predicted octanol–water partition coefficient (Wildman–Crippen LogP) is 5.97. The summed E-state index contributed by atoms with van der Waals surface area (Å²) in [6, 6.07) is 9.77. The number of aromatic nitrogens is 3. The number of ether oxygens (including phenoxy) is 1. The smallest absolute Gasteiger partial charge is 0.303 e. The first kappa shape index (κ1) is 32.5. The predicted molar refractivity (Wildman–Crippen MR) is 169 cm³/mol. The van der Waals surface area contributed by atoms with Crippen LogP contribution < -0.4 is 15.0 Å². The number of halogens is 4. The SMILES string of the molecule is Cl.Cl.O=C(O)CC1CCN(Cc2cc(Oc3cnc(N4CCC5CNCC54)nc3)nc(-c3cc(Cl)cc(Cl)c3)c2)CC1. The van der Waals surface area contributed by atoms with E-state index < -0.39 is 5.97 Å². The van der Waals surface area contributed by atoms with Crippen LogP contribution in [0.15, 0.2) is 42.7 Å². The van der Waals surface area contributed by atoms with Gasteiger partial charge in [-0.2, -0.15) is 0 Å². The van der Waals surface area contributed by atoms with Crippen LogP contribution in [0.3, 0.4) is 0 Å². The van der Waals surface area contributed by atoms with E-state index in [1.165, 1.54) is 0 Å². The average Bonchev–Trinajstić information content (AvgIpc) is 3.54. The minimum Gasteiger partial charge on any atom is -0.481 e. The van der Waals surface area contributed by atoms with E-state index in [-0.39, 0.29) is 37.2 Å². The summed E-state index contributed by atoms with van der Waals surface area (Å²) in [5.74, 6) is 1.84. The van der Waals surface area contributed by atoms with Gasteiger partial charge in [0.15, 0.2) is 5.75 Å². The Balaban J connectivity index is 0.00000202. The minimum absolute atomic E-state index is 0. The van der Waals surface area contributed by atoms with Crippen LogP contribution in [0.2, 0.25) is 10.0 Å². The van der Waals surface area contributed by atoms with Gasteiger partial charge in [-0.3, -0.25) is 9.69 Å². The van der Waals surface area contributed by atoms with Crippen molar-refractivity contribution in [2.24, 2.45) is 11.8 Å². The number of hydrogen-bond donors (Lipinski definition) is 2. The molecule has 226 valence electrons.